The van der Waals surface area contributed by atoms with Gasteiger partial charge in [0, 0.05) is 12.7 Å². The maximum atomic E-state index is 12.1. The van der Waals surface area contributed by atoms with Crippen molar-refractivity contribution in [3.63, 3.8) is 0 Å². The van der Waals surface area contributed by atoms with Crippen LogP contribution >= 0.6 is 0 Å². The van der Waals surface area contributed by atoms with Gasteiger partial charge in [0.05, 0.1) is 17.8 Å². The van der Waals surface area contributed by atoms with E-state index in [0.29, 0.717) is 17.0 Å². The van der Waals surface area contributed by atoms with Crippen LogP contribution in [0, 0.1) is 13.8 Å². The van der Waals surface area contributed by atoms with Gasteiger partial charge in [0.15, 0.2) is 0 Å². The van der Waals surface area contributed by atoms with Crippen molar-refractivity contribution < 1.29 is 19.1 Å². The Hall–Kier alpha value is -2.57. The van der Waals surface area contributed by atoms with Crippen molar-refractivity contribution >= 4 is 11.9 Å². The van der Waals surface area contributed by atoms with Crippen LogP contribution in [0.3, 0.4) is 0 Å². The molecule has 0 unspecified atom stereocenters. The summed E-state index contributed by atoms with van der Waals surface area (Å²) in [6.45, 7) is 3.70. The Balaban J connectivity index is 2.06. The summed E-state index contributed by atoms with van der Waals surface area (Å²) in [5, 5.41) is 15.6. The zero-order valence-corrected chi connectivity index (χ0v) is 11.4. The average Bonchev–Trinajstić information content (AvgIpc) is 2.93. The summed E-state index contributed by atoms with van der Waals surface area (Å²) in [6.07, 6.45) is 0. The minimum atomic E-state index is -1.14. The van der Waals surface area contributed by atoms with Gasteiger partial charge in [-0.2, -0.15) is 5.10 Å². The van der Waals surface area contributed by atoms with Crippen molar-refractivity contribution in [2.45, 2.75) is 20.4 Å². The second-order valence-corrected chi connectivity index (χ2v) is 4.42. The van der Waals surface area contributed by atoms with Gasteiger partial charge in [0.1, 0.15) is 5.76 Å². The number of aromatic carboxylic acids is 1. The fraction of sp³-hybridized carbons (Fsp3) is 0.308. The molecule has 2 aromatic heterocycles. The highest BCUT2D eigenvalue weighted by Gasteiger charge is 2.17. The molecule has 0 bridgehead atoms. The number of aromatic nitrogens is 2. The van der Waals surface area contributed by atoms with E-state index in [4.69, 9.17) is 9.52 Å². The van der Waals surface area contributed by atoms with Gasteiger partial charge in [0.25, 0.3) is 5.91 Å². The molecule has 0 aliphatic rings. The second-order valence-electron chi connectivity index (χ2n) is 4.42. The zero-order chi connectivity index (χ0) is 14.9. The molecule has 0 radical (unpaired) electrons. The number of nitrogens with zero attached hydrogens (tertiary/aromatic N) is 2. The molecular formula is C13H15N3O4. The van der Waals surface area contributed by atoms with Crippen molar-refractivity contribution in [3.8, 4) is 0 Å². The van der Waals surface area contributed by atoms with Crippen molar-refractivity contribution in [1.82, 2.24) is 15.1 Å². The van der Waals surface area contributed by atoms with Crippen LogP contribution in [0.4, 0.5) is 0 Å². The summed E-state index contributed by atoms with van der Waals surface area (Å²) in [5.41, 5.74) is 1.94. The summed E-state index contributed by atoms with van der Waals surface area (Å²) in [7, 11) is 1.77. The Kier molecular flexibility index (Phi) is 3.60. The zero-order valence-electron chi connectivity index (χ0n) is 11.4. The lowest BCUT2D eigenvalue weighted by Crippen LogP contribution is -2.23. The fourth-order valence-corrected chi connectivity index (χ4v) is 1.95. The number of carboxylic acid groups (broad SMARTS) is 1. The van der Waals surface area contributed by atoms with E-state index in [0.717, 1.165) is 5.69 Å². The van der Waals surface area contributed by atoms with Crippen LogP contribution in [0.1, 0.15) is 38.1 Å². The third-order valence-electron chi connectivity index (χ3n) is 3.03. The highest BCUT2D eigenvalue weighted by atomic mass is 16.4. The Labute approximate surface area is 115 Å². The summed E-state index contributed by atoms with van der Waals surface area (Å²) in [6, 6.07) is 2.87. The lowest BCUT2D eigenvalue weighted by Gasteiger charge is -2.03. The standard InChI is InChI=1S/C13H15N3O4/c1-7-11(8(2)16(3)15-7)12(17)14-6-9-4-5-10(20-9)13(18)19/h4-5H,6H2,1-3H3,(H,14,17)(H,18,19). The smallest absolute Gasteiger partial charge is 0.371 e. The first-order chi connectivity index (χ1) is 9.40. The van der Waals surface area contributed by atoms with Gasteiger partial charge in [-0.25, -0.2) is 4.79 Å². The molecule has 20 heavy (non-hydrogen) atoms. The first kappa shape index (κ1) is 13.9. The molecule has 0 aliphatic carbocycles. The van der Waals surface area contributed by atoms with Crippen molar-refractivity contribution in [2.24, 2.45) is 7.05 Å². The summed E-state index contributed by atoms with van der Waals surface area (Å²) >= 11 is 0. The Morgan fingerprint density at radius 1 is 1.40 bits per heavy atom. The van der Waals surface area contributed by atoms with Crippen molar-refractivity contribution in [3.05, 3.63) is 40.6 Å². The molecule has 7 nitrogen and oxygen atoms in total. The van der Waals surface area contributed by atoms with Gasteiger partial charge in [-0.15, -0.1) is 0 Å². The average molecular weight is 277 g/mol. The molecule has 0 atom stereocenters. The van der Waals surface area contributed by atoms with Crippen LogP contribution in [0.15, 0.2) is 16.5 Å². The number of amides is 1. The minimum absolute atomic E-state index is 0.125. The molecule has 0 saturated heterocycles. The predicted octanol–water partition coefficient (Wildman–Crippen LogP) is 1.26. The predicted molar refractivity (Wildman–Crippen MR) is 69.5 cm³/mol. The lowest BCUT2D eigenvalue weighted by molar-refractivity contribution is 0.0660. The fourth-order valence-electron chi connectivity index (χ4n) is 1.95. The quantitative estimate of drug-likeness (QED) is 0.876. The van der Waals surface area contributed by atoms with Crippen LogP contribution in [-0.4, -0.2) is 26.8 Å². The normalized spacial score (nSPS) is 10.6. The minimum Gasteiger partial charge on any atom is -0.475 e. The molecule has 106 valence electrons. The van der Waals surface area contributed by atoms with E-state index in [1.54, 1.807) is 18.7 Å². The monoisotopic (exact) mass is 277 g/mol. The number of rotatable bonds is 4. The molecule has 0 aromatic carbocycles. The molecule has 2 rings (SSSR count). The molecule has 7 heteroatoms. The van der Waals surface area contributed by atoms with E-state index < -0.39 is 5.97 Å². The maximum absolute atomic E-state index is 12.1. The molecule has 0 fully saturated rings. The van der Waals surface area contributed by atoms with Gasteiger partial charge in [-0.05, 0) is 26.0 Å². The summed E-state index contributed by atoms with van der Waals surface area (Å²) in [4.78, 5) is 22.8. The largest absolute Gasteiger partial charge is 0.475 e. The van der Waals surface area contributed by atoms with Crippen LogP contribution < -0.4 is 5.32 Å². The van der Waals surface area contributed by atoms with Crippen LogP contribution in [0.25, 0.3) is 0 Å². The molecule has 2 aromatic rings. The molecule has 0 saturated carbocycles. The summed E-state index contributed by atoms with van der Waals surface area (Å²) < 4.78 is 6.70. The highest BCUT2D eigenvalue weighted by Crippen LogP contribution is 2.12. The molecular weight excluding hydrogens is 262 g/mol. The maximum Gasteiger partial charge on any atom is 0.371 e. The number of furan rings is 1. The first-order valence-electron chi connectivity index (χ1n) is 6.00. The number of nitrogens with one attached hydrogen (secondary N) is 1. The summed E-state index contributed by atoms with van der Waals surface area (Å²) in [5.74, 6) is -1.17. The first-order valence-corrected chi connectivity index (χ1v) is 6.00. The van der Waals surface area contributed by atoms with E-state index in [9.17, 15) is 9.59 Å². The molecule has 1 amide bonds. The van der Waals surface area contributed by atoms with Crippen LogP contribution in [0.5, 0.6) is 0 Å². The SMILES string of the molecule is Cc1nn(C)c(C)c1C(=O)NCc1ccc(C(=O)O)o1. The van der Waals surface area contributed by atoms with E-state index in [2.05, 4.69) is 10.4 Å². The van der Waals surface area contributed by atoms with Crippen LogP contribution in [0.2, 0.25) is 0 Å². The molecule has 2 heterocycles. The van der Waals surface area contributed by atoms with Crippen LogP contribution in [-0.2, 0) is 13.6 Å². The Morgan fingerprint density at radius 2 is 2.10 bits per heavy atom. The molecule has 0 aliphatic heterocycles. The highest BCUT2D eigenvalue weighted by molar-refractivity contribution is 5.96. The number of carbonyl (C=O) groups excluding carboxylic acids is 1. The van der Waals surface area contributed by atoms with Gasteiger partial charge in [-0.1, -0.05) is 0 Å². The van der Waals surface area contributed by atoms with Crippen molar-refractivity contribution in [2.75, 3.05) is 0 Å². The Bertz CT molecular complexity index is 669. The number of hydrogen-bond donors (Lipinski definition) is 2. The number of hydrogen-bond acceptors (Lipinski definition) is 4. The third-order valence-corrected chi connectivity index (χ3v) is 3.03. The van der Waals surface area contributed by atoms with E-state index in [1.165, 1.54) is 12.1 Å². The number of aryl methyl sites for hydroxylation is 2. The number of carbonyl (C=O) groups is 2. The number of carboxylic acids is 1. The lowest BCUT2D eigenvalue weighted by atomic mass is 10.2. The van der Waals surface area contributed by atoms with Crippen molar-refractivity contribution in [1.29, 1.82) is 0 Å². The second kappa shape index (κ2) is 5.20. The van der Waals surface area contributed by atoms with E-state index in [1.807, 2.05) is 6.92 Å². The topological polar surface area (TPSA) is 97.4 Å². The Morgan fingerprint density at radius 3 is 2.60 bits per heavy atom. The molecule has 0 spiro atoms. The van der Waals surface area contributed by atoms with Gasteiger partial charge in [-0.3, -0.25) is 9.48 Å². The van der Waals surface area contributed by atoms with E-state index in [-0.39, 0.29) is 18.2 Å². The molecule has 2 N–H and O–H groups in total. The van der Waals surface area contributed by atoms with Gasteiger partial charge < -0.3 is 14.8 Å². The van der Waals surface area contributed by atoms with Gasteiger partial charge in [0.2, 0.25) is 5.76 Å². The third kappa shape index (κ3) is 2.56. The van der Waals surface area contributed by atoms with Gasteiger partial charge >= 0.3 is 5.97 Å². The van der Waals surface area contributed by atoms with E-state index >= 15 is 0 Å².